The van der Waals surface area contributed by atoms with Crippen LogP contribution in [-0.4, -0.2) is 32.0 Å². The zero-order chi connectivity index (χ0) is 14.8. The van der Waals surface area contributed by atoms with E-state index in [9.17, 15) is 13.2 Å². The fourth-order valence-electron chi connectivity index (χ4n) is 2.19. The molecule has 5 nitrogen and oxygen atoms in total. The molecule has 7 heteroatoms. The van der Waals surface area contributed by atoms with Gasteiger partial charge in [0, 0.05) is 11.1 Å². The van der Waals surface area contributed by atoms with Crippen molar-refractivity contribution in [3.05, 3.63) is 34.9 Å². The summed E-state index contributed by atoms with van der Waals surface area (Å²) in [6.07, 6.45) is 0.474. The molecule has 1 aliphatic rings. The first kappa shape index (κ1) is 15.1. The number of hydrogen-bond acceptors (Lipinski definition) is 3. The molecule has 2 unspecified atom stereocenters. The molecule has 0 aliphatic carbocycles. The highest BCUT2D eigenvalue weighted by Crippen LogP contribution is 2.17. The summed E-state index contributed by atoms with van der Waals surface area (Å²) in [6, 6.07) is 6.37. The topological polar surface area (TPSA) is 75.3 Å². The Labute approximate surface area is 123 Å². The highest BCUT2D eigenvalue weighted by atomic mass is 35.5. The fourth-order valence-corrected chi connectivity index (χ4v) is 4.06. The molecule has 0 bridgehead atoms. The van der Waals surface area contributed by atoms with Crippen LogP contribution in [0.5, 0.6) is 0 Å². The number of hydrogen-bond donors (Lipinski definition) is 2. The van der Waals surface area contributed by atoms with E-state index in [1.807, 2.05) is 19.1 Å². The first-order chi connectivity index (χ1) is 9.35. The molecule has 2 atom stereocenters. The van der Waals surface area contributed by atoms with Gasteiger partial charge < -0.3 is 10.6 Å². The van der Waals surface area contributed by atoms with Crippen molar-refractivity contribution in [2.45, 2.75) is 25.4 Å². The van der Waals surface area contributed by atoms with E-state index in [-0.39, 0.29) is 29.6 Å². The molecular weight excluding hydrogens is 300 g/mol. The van der Waals surface area contributed by atoms with Crippen molar-refractivity contribution in [1.29, 1.82) is 0 Å². The fraction of sp³-hybridized carbons (Fsp3) is 0.462. The number of sulfone groups is 1. The van der Waals surface area contributed by atoms with Gasteiger partial charge in [-0.15, -0.1) is 0 Å². The molecule has 2 N–H and O–H groups in total. The van der Waals surface area contributed by atoms with Crippen LogP contribution in [0.2, 0.25) is 5.02 Å². The zero-order valence-corrected chi connectivity index (χ0v) is 12.7. The molecule has 1 saturated heterocycles. The third kappa shape index (κ3) is 4.11. The molecule has 2 amide bonds. The number of nitrogens with one attached hydrogen (secondary N) is 2. The molecule has 1 heterocycles. The largest absolute Gasteiger partial charge is 0.334 e. The van der Waals surface area contributed by atoms with Gasteiger partial charge in [0.2, 0.25) is 0 Å². The van der Waals surface area contributed by atoms with Gasteiger partial charge >= 0.3 is 6.03 Å². The highest BCUT2D eigenvalue weighted by molar-refractivity contribution is 7.91. The Morgan fingerprint density at radius 1 is 1.45 bits per heavy atom. The number of benzene rings is 1. The van der Waals surface area contributed by atoms with E-state index in [2.05, 4.69) is 10.6 Å². The highest BCUT2D eigenvalue weighted by Gasteiger charge is 2.29. The number of urea groups is 1. The van der Waals surface area contributed by atoms with Crippen molar-refractivity contribution in [3.8, 4) is 0 Å². The van der Waals surface area contributed by atoms with Crippen LogP contribution < -0.4 is 10.6 Å². The summed E-state index contributed by atoms with van der Waals surface area (Å²) in [5, 5.41) is 6.07. The van der Waals surface area contributed by atoms with Crippen LogP contribution in [0.15, 0.2) is 24.3 Å². The van der Waals surface area contributed by atoms with Gasteiger partial charge in [0.1, 0.15) is 0 Å². The van der Waals surface area contributed by atoms with E-state index in [1.165, 1.54) is 0 Å². The minimum absolute atomic E-state index is 0.0198. The molecule has 2 rings (SSSR count). The number of halogens is 1. The van der Waals surface area contributed by atoms with Crippen molar-refractivity contribution in [1.82, 2.24) is 10.6 Å². The molecule has 20 heavy (non-hydrogen) atoms. The molecule has 0 spiro atoms. The third-order valence-electron chi connectivity index (χ3n) is 3.26. The number of amides is 2. The van der Waals surface area contributed by atoms with Gasteiger partial charge in [-0.25, -0.2) is 13.2 Å². The molecule has 0 aromatic heterocycles. The van der Waals surface area contributed by atoms with Crippen molar-refractivity contribution in [2.24, 2.45) is 0 Å². The van der Waals surface area contributed by atoms with Crippen LogP contribution in [0.3, 0.4) is 0 Å². The van der Waals surface area contributed by atoms with Gasteiger partial charge in [0.05, 0.1) is 17.5 Å². The minimum Gasteiger partial charge on any atom is -0.334 e. The van der Waals surface area contributed by atoms with Crippen molar-refractivity contribution < 1.29 is 13.2 Å². The van der Waals surface area contributed by atoms with E-state index in [0.717, 1.165) is 5.56 Å². The van der Waals surface area contributed by atoms with Crippen LogP contribution >= 0.6 is 11.6 Å². The summed E-state index contributed by atoms with van der Waals surface area (Å²) < 4.78 is 22.6. The van der Waals surface area contributed by atoms with E-state index in [1.54, 1.807) is 12.1 Å². The summed E-state index contributed by atoms with van der Waals surface area (Å²) >= 11 is 5.90. The zero-order valence-electron chi connectivity index (χ0n) is 11.1. The summed E-state index contributed by atoms with van der Waals surface area (Å²) in [4.78, 5) is 11.8. The first-order valence-electron chi connectivity index (χ1n) is 6.39. The standard InChI is InChI=1S/C13H17ClN2O3S/c1-9(10-3-2-4-11(14)7-10)15-13(17)16-12-5-6-20(18,19)8-12/h2-4,7,9,12H,5-6,8H2,1H3,(H2,15,16,17). The average Bonchev–Trinajstić information content (AvgIpc) is 2.68. The van der Waals surface area contributed by atoms with Crippen LogP contribution in [-0.2, 0) is 9.84 Å². The minimum atomic E-state index is -2.99. The number of rotatable bonds is 3. The first-order valence-corrected chi connectivity index (χ1v) is 8.58. The van der Waals surface area contributed by atoms with Crippen LogP contribution in [0.4, 0.5) is 4.79 Å². The van der Waals surface area contributed by atoms with E-state index in [0.29, 0.717) is 11.4 Å². The van der Waals surface area contributed by atoms with E-state index in [4.69, 9.17) is 11.6 Å². The lowest BCUT2D eigenvalue weighted by molar-refractivity contribution is 0.235. The maximum absolute atomic E-state index is 11.8. The second-order valence-corrected chi connectivity index (χ2v) is 7.66. The molecule has 1 aromatic carbocycles. The lowest BCUT2D eigenvalue weighted by atomic mass is 10.1. The van der Waals surface area contributed by atoms with E-state index < -0.39 is 9.84 Å². The smallest absolute Gasteiger partial charge is 0.315 e. The number of carbonyl (C=O) groups excluding carboxylic acids is 1. The Bertz CT molecular complexity index is 603. The van der Waals surface area contributed by atoms with Crippen LogP contribution in [0.1, 0.15) is 24.9 Å². The van der Waals surface area contributed by atoms with Crippen molar-refractivity contribution >= 4 is 27.5 Å². The van der Waals surface area contributed by atoms with Gasteiger partial charge in [-0.1, -0.05) is 23.7 Å². The van der Waals surface area contributed by atoms with E-state index >= 15 is 0 Å². The Hall–Kier alpha value is -1.27. The maximum Gasteiger partial charge on any atom is 0.315 e. The van der Waals surface area contributed by atoms with Crippen molar-refractivity contribution in [3.63, 3.8) is 0 Å². The second-order valence-electron chi connectivity index (χ2n) is 4.99. The van der Waals surface area contributed by atoms with Gasteiger partial charge in [-0.05, 0) is 31.0 Å². The van der Waals surface area contributed by atoms with Gasteiger partial charge in [0.15, 0.2) is 9.84 Å². The Balaban J connectivity index is 1.88. The third-order valence-corrected chi connectivity index (χ3v) is 5.27. The molecule has 1 aromatic rings. The average molecular weight is 317 g/mol. The lowest BCUT2D eigenvalue weighted by Gasteiger charge is -2.17. The van der Waals surface area contributed by atoms with Gasteiger partial charge in [-0.3, -0.25) is 0 Å². The number of carbonyl (C=O) groups is 1. The molecule has 1 aliphatic heterocycles. The predicted molar refractivity (Wildman–Crippen MR) is 78.6 cm³/mol. The van der Waals surface area contributed by atoms with Gasteiger partial charge in [0.25, 0.3) is 0 Å². The normalized spacial score (nSPS) is 22.2. The second kappa shape index (κ2) is 6.01. The Morgan fingerprint density at radius 3 is 2.80 bits per heavy atom. The summed E-state index contributed by atoms with van der Waals surface area (Å²) in [7, 11) is -2.99. The molecule has 110 valence electrons. The SMILES string of the molecule is CC(NC(=O)NC1CCS(=O)(=O)C1)c1cccc(Cl)c1. The Morgan fingerprint density at radius 2 is 2.20 bits per heavy atom. The molecular formula is C13H17ClN2O3S. The quantitative estimate of drug-likeness (QED) is 0.894. The molecule has 1 fully saturated rings. The molecule has 0 saturated carbocycles. The summed E-state index contributed by atoms with van der Waals surface area (Å²) in [5.74, 6) is 0.160. The van der Waals surface area contributed by atoms with Crippen LogP contribution in [0.25, 0.3) is 0 Å². The summed E-state index contributed by atoms with van der Waals surface area (Å²) in [6.45, 7) is 1.84. The Kier molecular flexibility index (Phi) is 4.55. The summed E-state index contributed by atoms with van der Waals surface area (Å²) in [5.41, 5.74) is 0.895. The maximum atomic E-state index is 11.8. The predicted octanol–water partition coefficient (Wildman–Crippen LogP) is 1.89. The monoisotopic (exact) mass is 316 g/mol. The lowest BCUT2D eigenvalue weighted by Crippen LogP contribution is -2.43. The van der Waals surface area contributed by atoms with Gasteiger partial charge in [-0.2, -0.15) is 0 Å². The molecule has 0 radical (unpaired) electrons. The van der Waals surface area contributed by atoms with Crippen molar-refractivity contribution in [2.75, 3.05) is 11.5 Å². The van der Waals surface area contributed by atoms with Crippen LogP contribution in [0, 0.1) is 0 Å².